The number of hydrogen-bond donors (Lipinski definition) is 2. The van der Waals surface area contributed by atoms with Gasteiger partial charge in [0.25, 0.3) is 5.91 Å². The zero-order valence-electron chi connectivity index (χ0n) is 22.4. The van der Waals surface area contributed by atoms with Crippen LogP contribution >= 0.6 is 0 Å². The Hall–Kier alpha value is -4.50. The van der Waals surface area contributed by atoms with E-state index in [1.54, 1.807) is 18.2 Å². The number of nitrogens with one attached hydrogen (secondary N) is 1. The third-order valence-corrected chi connectivity index (χ3v) is 6.99. The topological polar surface area (TPSA) is 85.6 Å². The predicted octanol–water partition coefficient (Wildman–Crippen LogP) is 5.51. The van der Waals surface area contributed by atoms with Crippen molar-refractivity contribution in [3.8, 4) is 22.8 Å². The van der Waals surface area contributed by atoms with Gasteiger partial charge in [0.05, 0.1) is 43.6 Å². The largest absolute Gasteiger partial charge is 0.497 e. The van der Waals surface area contributed by atoms with Crippen LogP contribution in [0.25, 0.3) is 33.1 Å². The van der Waals surface area contributed by atoms with Crippen LogP contribution in [-0.4, -0.2) is 47.4 Å². The molecule has 0 aliphatic rings. The Labute approximate surface area is 230 Å². The number of aliphatic hydroxyl groups is 1. The first-order valence-corrected chi connectivity index (χ1v) is 12.9. The molecule has 40 heavy (non-hydrogen) atoms. The number of ether oxygens (including phenoxy) is 2. The summed E-state index contributed by atoms with van der Waals surface area (Å²) in [7, 11) is 2.70. The molecular formula is C31H29F2N3O4. The van der Waals surface area contributed by atoms with Gasteiger partial charge in [-0.3, -0.25) is 4.79 Å². The van der Waals surface area contributed by atoms with Crippen molar-refractivity contribution in [3.05, 3.63) is 89.6 Å². The molecule has 0 unspecified atom stereocenters. The van der Waals surface area contributed by atoms with E-state index in [-0.39, 0.29) is 23.4 Å². The average Bonchev–Trinajstić information content (AvgIpc) is 3.33. The summed E-state index contributed by atoms with van der Waals surface area (Å²) in [5, 5.41) is 14.7. The zero-order valence-corrected chi connectivity index (χ0v) is 22.4. The van der Waals surface area contributed by atoms with Crippen LogP contribution < -0.4 is 14.8 Å². The molecule has 0 saturated carbocycles. The van der Waals surface area contributed by atoms with Crippen LogP contribution in [0.15, 0.2) is 66.9 Å². The van der Waals surface area contributed by atoms with Gasteiger partial charge in [-0.25, -0.2) is 13.8 Å². The lowest BCUT2D eigenvalue weighted by Crippen LogP contribution is -2.39. The van der Waals surface area contributed by atoms with Crippen LogP contribution in [-0.2, 0) is 13.0 Å². The number of aromatic nitrogens is 2. The number of benzene rings is 3. The number of carbonyl (C=O) groups excluding carboxylic acids is 1. The normalized spacial score (nSPS) is 12.1. The van der Waals surface area contributed by atoms with Crippen LogP contribution in [0.3, 0.4) is 0 Å². The molecule has 0 fully saturated rings. The Morgan fingerprint density at radius 2 is 1.77 bits per heavy atom. The molecule has 9 heteroatoms. The summed E-state index contributed by atoms with van der Waals surface area (Å²) in [5.41, 5.74) is 3.10. The van der Waals surface area contributed by atoms with Gasteiger partial charge in [0.2, 0.25) is 0 Å². The average molecular weight is 546 g/mol. The summed E-state index contributed by atoms with van der Waals surface area (Å²) in [6, 6.07) is 16.2. The standard InChI is InChI=1S/C31H29F2N3O4/c1-4-36-16-19(22-7-5-6-8-29(22)36)11-20(17-37)34-31(38)24-15-28(18-12-25(32)30(40-3)26(33)13-18)35-27-10-9-21(39-2)14-23(24)27/h5-10,12-16,20,37H,4,11,17H2,1-3H3,(H,34,38)/t20-/m1/s1. The highest BCUT2D eigenvalue weighted by Crippen LogP contribution is 2.32. The Morgan fingerprint density at radius 3 is 2.45 bits per heavy atom. The Bertz CT molecular complexity index is 1690. The van der Waals surface area contributed by atoms with E-state index in [4.69, 9.17) is 9.47 Å². The third kappa shape index (κ3) is 5.08. The van der Waals surface area contributed by atoms with Gasteiger partial charge in [0.1, 0.15) is 5.75 Å². The molecule has 0 spiro atoms. The maximum Gasteiger partial charge on any atom is 0.252 e. The summed E-state index contributed by atoms with van der Waals surface area (Å²) in [6.45, 7) is 2.56. The molecule has 3 aromatic carbocycles. The minimum atomic E-state index is -0.883. The summed E-state index contributed by atoms with van der Waals surface area (Å²) >= 11 is 0. The van der Waals surface area contributed by atoms with Crippen molar-refractivity contribution in [1.29, 1.82) is 0 Å². The first-order valence-electron chi connectivity index (χ1n) is 12.9. The smallest absolute Gasteiger partial charge is 0.252 e. The van der Waals surface area contributed by atoms with Crippen molar-refractivity contribution in [2.75, 3.05) is 20.8 Å². The Kier molecular flexibility index (Phi) is 7.66. The van der Waals surface area contributed by atoms with E-state index in [9.17, 15) is 18.7 Å². The number of aryl methyl sites for hydroxylation is 1. The van der Waals surface area contributed by atoms with Crippen molar-refractivity contribution >= 4 is 27.7 Å². The third-order valence-electron chi connectivity index (χ3n) is 6.99. The molecule has 0 radical (unpaired) electrons. The minimum absolute atomic E-state index is 0.147. The molecule has 0 bridgehead atoms. The van der Waals surface area contributed by atoms with Gasteiger partial charge in [0.15, 0.2) is 17.4 Å². The number of hydrogen-bond acceptors (Lipinski definition) is 5. The van der Waals surface area contributed by atoms with E-state index in [0.717, 1.165) is 35.1 Å². The van der Waals surface area contributed by atoms with E-state index in [1.165, 1.54) is 20.3 Å². The summed E-state index contributed by atoms with van der Waals surface area (Å²) in [5.74, 6) is -2.21. The van der Waals surface area contributed by atoms with Gasteiger partial charge in [-0.1, -0.05) is 18.2 Å². The molecule has 206 valence electrons. The van der Waals surface area contributed by atoms with Crippen molar-refractivity contribution in [3.63, 3.8) is 0 Å². The van der Waals surface area contributed by atoms with Gasteiger partial charge in [0, 0.05) is 34.6 Å². The second-order valence-corrected chi connectivity index (χ2v) is 9.43. The molecular weight excluding hydrogens is 516 g/mol. The van der Waals surface area contributed by atoms with Crippen molar-refractivity contribution in [1.82, 2.24) is 14.9 Å². The van der Waals surface area contributed by atoms with E-state index in [2.05, 4.69) is 21.8 Å². The Morgan fingerprint density at radius 1 is 1.02 bits per heavy atom. The van der Waals surface area contributed by atoms with Crippen LogP contribution in [0, 0.1) is 11.6 Å². The molecule has 2 N–H and O–H groups in total. The number of aliphatic hydroxyl groups excluding tert-OH is 1. The number of amides is 1. The van der Waals surface area contributed by atoms with E-state index >= 15 is 0 Å². The molecule has 1 atom stereocenters. The number of fused-ring (bicyclic) bond motifs is 2. The first-order chi connectivity index (χ1) is 19.4. The second-order valence-electron chi connectivity index (χ2n) is 9.43. The SMILES string of the molecule is CCn1cc(C[C@H](CO)NC(=O)c2cc(-c3cc(F)c(OC)c(F)c3)nc3ccc(OC)cc23)c2ccccc21. The fourth-order valence-electron chi connectivity index (χ4n) is 5.01. The molecule has 0 saturated heterocycles. The number of carbonyl (C=O) groups is 1. The van der Waals surface area contributed by atoms with Gasteiger partial charge in [-0.2, -0.15) is 0 Å². The highest BCUT2D eigenvalue weighted by atomic mass is 19.1. The van der Waals surface area contributed by atoms with Gasteiger partial charge < -0.3 is 24.5 Å². The van der Waals surface area contributed by atoms with Crippen molar-refractivity contribution in [2.45, 2.75) is 25.9 Å². The highest BCUT2D eigenvalue weighted by Gasteiger charge is 2.21. The number of methoxy groups -OCH3 is 2. The molecule has 1 amide bonds. The lowest BCUT2D eigenvalue weighted by Gasteiger charge is -2.18. The summed E-state index contributed by atoms with van der Waals surface area (Å²) < 4.78 is 41.3. The maximum absolute atomic E-state index is 14.5. The quantitative estimate of drug-likeness (QED) is 0.255. The fourth-order valence-corrected chi connectivity index (χ4v) is 5.01. The Balaban J connectivity index is 1.53. The fraction of sp³-hybridized carbons (Fsp3) is 0.226. The maximum atomic E-state index is 14.5. The highest BCUT2D eigenvalue weighted by molar-refractivity contribution is 6.07. The second kappa shape index (κ2) is 11.3. The minimum Gasteiger partial charge on any atom is -0.497 e. The first kappa shape index (κ1) is 27.1. The van der Waals surface area contributed by atoms with Crippen LogP contribution in [0.2, 0.25) is 0 Å². The van der Waals surface area contributed by atoms with Crippen LogP contribution in [0.5, 0.6) is 11.5 Å². The molecule has 0 aliphatic carbocycles. The lowest BCUT2D eigenvalue weighted by molar-refractivity contribution is 0.0918. The van der Waals surface area contributed by atoms with E-state index in [0.29, 0.717) is 23.1 Å². The lowest BCUT2D eigenvalue weighted by atomic mass is 10.0. The molecule has 2 heterocycles. The molecule has 0 aliphatic heterocycles. The number of pyridine rings is 1. The van der Waals surface area contributed by atoms with Crippen molar-refractivity contribution in [2.24, 2.45) is 0 Å². The van der Waals surface area contributed by atoms with Crippen LogP contribution in [0.1, 0.15) is 22.8 Å². The van der Waals surface area contributed by atoms with Gasteiger partial charge in [-0.15, -0.1) is 0 Å². The number of nitrogens with zero attached hydrogens (tertiary/aromatic N) is 2. The monoisotopic (exact) mass is 545 g/mol. The molecule has 5 rings (SSSR count). The van der Waals surface area contributed by atoms with E-state index in [1.807, 2.05) is 30.5 Å². The number of para-hydroxylation sites is 1. The summed E-state index contributed by atoms with van der Waals surface area (Å²) in [4.78, 5) is 18.2. The van der Waals surface area contributed by atoms with Gasteiger partial charge in [-0.05, 0) is 61.4 Å². The van der Waals surface area contributed by atoms with E-state index < -0.39 is 29.3 Å². The summed E-state index contributed by atoms with van der Waals surface area (Å²) in [6.07, 6.45) is 2.45. The number of rotatable bonds is 9. The molecule has 5 aromatic rings. The van der Waals surface area contributed by atoms with Crippen LogP contribution in [0.4, 0.5) is 8.78 Å². The zero-order chi connectivity index (χ0) is 28.4. The predicted molar refractivity (Wildman–Crippen MR) is 150 cm³/mol. The van der Waals surface area contributed by atoms with Gasteiger partial charge >= 0.3 is 0 Å². The molecule has 2 aromatic heterocycles. The number of halogens is 2. The van der Waals surface area contributed by atoms with Crippen molar-refractivity contribution < 1.29 is 28.2 Å². The molecule has 7 nitrogen and oxygen atoms in total.